The second-order valence-electron chi connectivity index (χ2n) is 6.01. The number of aryl methyl sites for hydroxylation is 1. The molecule has 0 saturated carbocycles. The third-order valence-corrected chi connectivity index (χ3v) is 4.61. The minimum Gasteiger partial charge on any atom is -0.370 e. The van der Waals surface area contributed by atoms with Crippen molar-refractivity contribution in [3.8, 4) is 0 Å². The van der Waals surface area contributed by atoms with Crippen molar-refractivity contribution in [2.75, 3.05) is 24.5 Å². The summed E-state index contributed by atoms with van der Waals surface area (Å²) in [5, 5.41) is 3.69. The lowest BCUT2D eigenvalue weighted by Gasteiger charge is -2.27. The molecule has 1 aliphatic rings. The zero-order chi connectivity index (χ0) is 13.8. The molecular weight excluding hydrogens is 300 g/mol. The van der Waals surface area contributed by atoms with Crippen LogP contribution < -0.4 is 10.2 Å². The largest absolute Gasteiger partial charge is 0.370 e. The molecule has 19 heavy (non-hydrogen) atoms. The van der Waals surface area contributed by atoms with E-state index in [0.717, 1.165) is 25.6 Å². The van der Waals surface area contributed by atoms with E-state index >= 15 is 0 Å². The van der Waals surface area contributed by atoms with Crippen molar-refractivity contribution in [1.29, 1.82) is 0 Å². The van der Waals surface area contributed by atoms with Gasteiger partial charge >= 0.3 is 0 Å². The average molecular weight is 325 g/mol. The summed E-state index contributed by atoms with van der Waals surface area (Å²) in [6.07, 6.45) is 2.48. The molecule has 2 rings (SSSR count). The number of nitrogens with zero attached hydrogens (tertiary/aromatic N) is 1. The Morgan fingerprint density at radius 1 is 1.42 bits per heavy atom. The molecule has 1 aromatic carbocycles. The lowest BCUT2D eigenvalue weighted by atomic mass is 10.0. The number of hydrogen-bond acceptors (Lipinski definition) is 2. The van der Waals surface area contributed by atoms with Gasteiger partial charge in [-0.05, 0) is 49.9 Å². The summed E-state index contributed by atoms with van der Waals surface area (Å²) in [4.78, 5) is 2.53. The molecule has 0 aromatic heterocycles. The fourth-order valence-corrected chi connectivity index (χ4v) is 3.10. The van der Waals surface area contributed by atoms with Crippen molar-refractivity contribution in [3.05, 3.63) is 28.2 Å². The summed E-state index contributed by atoms with van der Waals surface area (Å²) in [5.41, 5.74) is 2.64. The minimum atomic E-state index is 0.613. The van der Waals surface area contributed by atoms with Gasteiger partial charge < -0.3 is 10.2 Å². The molecule has 1 aliphatic heterocycles. The first-order valence-corrected chi connectivity index (χ1v) is 8.10. The van der Waals surface area contributed by atoms with Gasteiger partial charge in [-0.2, -0.15) is 0 Å². The molecule has 2 nitrogen and oxygen atoms in total. The predicted molar refractivity (Wildman–Crippen MR) is 87.0 cm³/mol. The van der Waals surface area contributed by atoms with Crippen LogP contribution in [0.25, 0.3) is 0 Å². The van der Waals surface area contributed by atoms with Crippen LogP contribution in [0.2, 0.25) is 0 Å². The fourth-order valence-electron chi connectivity index (χ4n) is 2.74. The highest BCUT2D eigenvalue weighted by molar-refractivity contribution is 9.10. The van der Waals surface area contributed by atoms with Crippen LogP contribution in [0.15, 0.2) is 22.7 Å². The molecule has 1 aromatic rings. The van der Waals surface area contributed by atoms with Gasteiger partial charge in [0.1, 0.15) is 0 Å². The van der Waals surface area contributed by atoms with Gasteiger partial charge in [0.25, 0.3) is 0 Å². The van der Waals surface area contributed by atoms with Crippen molar-refractivity contribution in [1.82, 2.24) is 5.32 Å². The third-order valence-electron chi connectivity index (χ3n) is 3.76. The summed E-state index contributed by atoms with van der Waals surface area (Å²) in [6.45, 7) is 10.2. The summed E-state index contributed by atoms with van der Waals surface area (Å²) < 4.78 is 1.21. The molecule has 0 spiro atoms. The first kappa shape index (κ1) is 14.9. The van der Waals surface area contributed by atoms with Crippen LogP contribution in [0.1, 0.15) is 32.3 Å². The Balaban J connectivity index is 2.10. The Bertz CT molecular complexity index is 417. The van der Waals surface area contributed by atoms with Gasteiger partial charge in [-0.15, -0.1) is 0 Å². The first-order valence-electron chi connectivity index (χ1n) is 7.30. The molecule has 1 atom stereocenters. The zero-order valence-corrected chi connectivity index (χ0v) is 13.8. The summed E-state index contributed by atoms with van der Waals surface area (Å²) in [5.74, 6) is 0.752. The van der Waals surface area contributed by atoms with E-state index in [1.807, 2.05) is 0 Å². The van der Waals surface area contributed by atoms with Crippen molar-refractivity contribution < 1.29 is 0 Å². The van der Waals surface area contributed by atoms with Crippen LogP contribution in [0.5, 0.6) is 0 Å². The first-order chi connectivity index (χ1) is 9.06. The minimum absolute atomic E-state index is 0.613. The van der Waals surface area contributed by atoms with E-state index in [1.165, 1.54) is 28.6 Å². The monoisotopic (exact) mass is 324 g/mol. The van der Waals surface area contributed by atoms with E-state index in [4.69, 9.17) is 0 Å². The molecular formula is C16H25BrN2. The summed E-state index contributed by atoms with van der Waals surface area (Å²) in [6, 6.07) is 7.32. The highest BCUT2D eigenvalue weighted by Gasteiger charge is 2.19. The van der Waals surface area contributed by atoms with E-state index in [0.29, 0.717) is 6.04 Å². The maximum absolute atomic E-state index is 3.69. The lowest BCUT2D eigenvalue weighted by Crippen LogP contribution is -2.38. The van der Waals surface area contributed by atoms with Gasteiger partial charge in [-0.1, -0.05) is 35.8 Å². The molecule has 0 radical (unpaired) electrons. The SMILES string of the molecule is Cc1ccc(N2CCCNC(CC(C)C)C2)cc1Br. The highest BCUT2D eigenvalue weighted by Crippen LogP contribution is 2.25. The molecule has 1 fully saturated rings. The quantitative estimate of drug-likeness (QED) is 0.904. The van der Waals surface area contributed by atoms with Crippen molar-refractivity contribution in [3.63, 3.8) is 0 Å². The fraction of sp³-hybridized carbons (Fsp3) is 0.625. The van der Waals surface area contributed by atoms with Crippen LogP contribution in [0.3, 0.4) is 0 Å². The van der Waals surface area contributed by atoms with Crippen molar-refractivity contribution >= 4 is 21.6 Å². The molecule has 3 heteroatoms. The molecule has 106 valence electrons. The number of anilines is 1. The van der Waals surface area contributed by atoms with Crippen LogP contribution in [0.4, 0.5) is 5.69 Å². The lowest BCUT2D eigenvalue weighted by molar-refractivity contribution is 0.436. The van der Waals surface area contributed by atoms with Crippen LogP contribution >= 0.6 is 15.9 Å². The topological polar surface area (TPSA) is 15.3 Å². The molecule has 1 heterocycles. The van der Waals surface area contributed by atoms with Crippen LogP contribution in [0, 0.1) is 12.8 Å². The van der Waals surface area contributed by atoms with Crippen LogP contribution in [-0.2, 0) is 0 Å². The van der Waals surface area contributed by atoms with Gasteiger partial charge in [0.05, 0.1) is 0 Å². The Morgan fingerprint density at radius 2 is 2.21 bits per heavy atom. The molecule has 0 aliphatic carbocycles. The standard InChI is InChI=1S/C16H25BrN2/c1-12(2)9-14-11-19(8-4-7-18-14)15-6-5-13(3)16(17)10-15/h5-6,10,12,14,18H,4,7-9,11H2,1-3H3. The number of benzene rings is 1. The predicted octanol–water partition coefficient (Wildman–Crippen LogP) is 3.97. The Hall–Kier alpha value is -0.540. The van der Waals surface area contributed by atoms with Gasteiger partial charge in [-0.25, -0.2) is 0 Å². The summed E-state index contributed by atoms with van der Waals surface area (Å²) in [7, 11) is 0. The molecule has 1 unspecified atom stereocenters. The number of hydrogen-bond donors (Lipinski definition) is 1. The van der Waals surface area contributed by atoms with Gasteiger partial charge in [-0.3, -0.25) is 0 Å². The number of rotatable bonds is 3. The molecule has 0 bridgehead atoms. The summed E-state index contributed by atoms with van der Waals surface area (Å²) >= 11 is 3.65. The average Bonchev–Trinajstić information content (AvgIpc) is 2.57. The van der Waals surface area contributed by atoms with Gasteiger partial charge in [0.2, 0.25) is 0 Å². The maximum atomic E-state index is 3.69. The molecule has 0 amide bonds. The van der Waals surface area contributed by atoms with Crippen molar-refractivity contribution in [2.24, 2.45) is 5.92 Å². The van der Waals surface area contributed by atoms with Crippen LogP contribution in [-0.4, -0.2) is 25.7 Å². The normalized spacial score (nSPS) is 20.7. The second kappa shape index (κ2) is 6.76. The Labute approximate surface area is 125 Å². The van der Waals surface area contributed by atoms with E-state index in [1.54, 1.807) is 0 Å². The van der Waals surface area contributed by atoms with E-state index in [-0.39, 0.29) is 0 Å². The number of halogens is 1. The van der Waals surface area contributed by atoms with Gasteiger partial charge in [0.15, 0.2) is 0 Å². The Kier molecular flexibility index (Phi) is 5.28. The highest BCUT2D eigenvalue weighted by atomic mass is 79.9. The molecule has 1 saturated heterocycles. The van der Waals surface area contributed by atoms with Crippen molar-refractivity contribution in [2.45, 2.75) is 39.7 Å². The second-order valence-corrected chi connectivity index (χ2v) is 6.87. The van der Waals surface area contributed by atoms with E-state index in [9.17, 15) is 0 Å². The third kappa shape index (κ3) is 4.22. The van der Waals surface area contributed by atoms with E-state index < -0.39 is 0 Å². The smallest absolute Gasteiger partial charge is 0.0378 e. The number of nitrogens with one attached hydrogen (secondary N) is 1. The Morgan fingerprint density at radius 3 is 2.89 bits per heavy atom. The van der Waals surface area contributed by atoms with Gasteiger partial charge in [0, 0.05) is 29.3 Å². The molecule has 1 N–H and O–H groups in total. The maximum Gasteiger partial charge on any atom is 0.0378 e. The zero-order valence-electron chi connectivity index (χ0n) is 12.2. The van der Waals surface area contributed by atoms with E-state index in [2.05, 4.69) is 65.1 Å².